The number of carbonyl (C=O) groups is 1. The number of hydrogen-bond acceptors (Lipinski definition) is 5. The number of benzene rings is 2. The Morgan fingerprint density at radius 1 is 0.840 bits per heavy atom. The zero-order valence-electron chi connectivity index (χ0n) is 13.6. The largest absolute Gasteiger partial charge is 0.486 e. The minimum absolute atomic E-state index is 0.00107. The van der Waals surface area contributed by atoms with E-state index < -0.39 is 0 Å². The second-order valence-electron chi connectivity index (χ2n) is 6.31. The molecule has 3 heterocycles. The van der Waals surface area contributed by atoms with Gasteiger partial charge < -0.3 is 23.8 Å². The summed E-state index contributed by atoms with van der Waals surface area (Å²) in [6.07, 6.45) is 0.808. The number of carbonyl (C=O) groups excluding carboxylic acids is 1. The lowest BCUT2D eigenvalue weighted by Crippen LogP contribution is -2.36. The first-order valence-electron chi connectivity index (χ1n) is 8.38. The molecule has 0 bridgehead atoms. The van der Waals surface area contributed by atoms with Gasteiger partial charge in [-0.15, -0.1) is 0 Å². The summed E-state index contributed by atoms with van der Waals surface area (Å²) < 4.78 is 22.0. The van der Waals surface area contributed by atoms with Gasteiger partial charge in [0.05, 0.1) is 0 Å². The number of nitrogens with zero attached hydrogens (tertiary/aromatic N) is 1. The van der Waals surface area contributed by atoms with Crippen LogP contribution in [0.25, 0.3) is 0 Å². The van der Waals surface area contributed by atoms with Crippen molar-refractivity contribution < 1.29 is 23.7 Å². The van der Waals surface area contributed by atoms with E-state index in [0.717, 1.165) is 23.5 Å². The van der Waals surface area contributed by atoms with E-state index in [1.165, 1.54) is 5.56 Å². The van der Waals surface area contributed by atoms with Crippen molar-refractivity contribution in [2.75, 3.05) is 26.6 Å². The van der Waals surface area contributed by atoms with Crippen LogP contribution in [0, 0.1) is 0 Å². The first-order chi connectivity index (χ1) is 12.3. The molecule has 0 saturated carbocycles. The lowest BCUT2D eigenvalue weighted by Gasteiger charge is -2.30. The molecule has 128 valence electrons. The van der Waals surface area contributed by atoms with Crippen LogP contribution in [-0.4, -0.2) is 37.4 Å². The molecule has 0 unspecified atom stereocenters. The summed E-state index contributed by atoms with van der Waals surface area (Å²) in [7, 11) is 0. The molecule has 3 aliphatic rings. The Hall–Kier alpha value is -2.89. The first kappa shape index (κ1) is 14.5. The molecule has 0 saturated heterocycles. The van der Waals surface area contributed by atoms with Gasteiger partial charge in [0.15, 0.2) is 23.0 Å². The van der Waals surface area contributed by atoms with E-state index in [1.807, 2.05) is 17.0 Å². The van der Waals surface area contributed by atoms with Gasteiger partial charge in [0.1, 0.15) is 13.2 Å². The van der Waals surface area contributed by atoms with E-state index in [9.17, 15) is 4.79 Å². The van der Waals surface area contributed by atoms with Crippen LogP contribution in [0.4, 0.5) is 0 Å². The van der Waals surface area contributed by atoms with Gasteiger partial charge in [-0.2, -0.15) is 0 Å². The molecule has 3 aliphatic heterocycles. The van der Waals surface area contributed by atoms with Crippen molar-refractivity contribution in [1.82, 2.24) is 4.90 Å². The lowest BCUT2D eigenvalue weighted by atomic mass is 9.98. The van der Waals surface area contributed by atoms with Crippen LogP contribution >= 0.6 is 0 Å². The molecule has 0 aromatic heterocycles. The Bertz CT molecular complexity index is 863. The maximum absolute atomic E-state index is 12.9. The normalized spacial score (nSPS) is 17.2. The Labute approximate surface area is 144 Å². The fraction of sp³-hybridized carbons (Fsp3) is 0.316. The molecule has 0 atom stereocenters. The predicted octanol–water partition coefficient (Wildman–Crippen LogP) is 2.38. The van der Waals surface area contributed by atoms with Gasteiger partial charge in [0, 0.05) is 18.7 Å². The van der Waals surface area contributed by atoms with Gasteiger partial charge in [0.2, 0.25) is 6.79 Å². The fourth-order valence-corrected chi connectivity index (χ4v) is 3.48. The van der Waals surface area contributed by atoms with Gasteiger partial charge in [-0.25, -0.2) is 0 Å². The Morgan fingerprint density at radius 3 is 2.40 bits per heavy atom. The first-order valence-corrected chi connectivity index (χ1v) is 8.38. The van der Waals surface area contributed by atoms with E-state index in [1.54, 1.807) is 18.2 Å². The van der Waals surface area contributed by atoms with Crippen LogP contribution in [0.1, 0.15) is 21.5 Å². The van der Waals surface area contributed by atoms with Crippen LogP contribution in [0.2, 0.25) is 0 Å². The number of amides is 1. The average Bonchev–Trinajstić information content (AvgIpc) is 3.13. The van der Waals surface area contributed by atoms with Gasteiger partial charge >= 0.3 is 0 Å². The minimum atomic E-state index is -0.00107. The second kappa shape index (κ2) is 5.58. The number of ether oxygens (including phenoxy) is 4. The van der Waals surface area contributed by atoms with Crippen LogP contribution in [0.15, 0.2) is 30.3 Å². The molecule has 5 rings (SSSR count). The molecular formula is C19H17NO5. The highest BCUT2D eigenvalue weighted by Crippen LogP contribution is 2.36. The number of fused-ring (bicyclic) bond motifs is 3. The molecule has 2 aromatic rings. The topological polar surface area (TPSA) is 57.2 Å². The predicted molar refractivity (Wildman–Crippen MR) is 88.4 cm³/mol. The summed E-state index contributed by atoms with van der Waals surface area (Å²) in [5, 5.41) is 0. The van der Waals surface area contributed by atoms with Gasteiger partial charge in [-0.3, -0.25) is 4.79 Å². The molecule has 25 heavy (non-hydrogen) atoms. The van der Waals surface area contributed by atoms with Crippen molar-refractivity contribution in [3.05, 3.63) is 47.0 Å². The quantitative estimate of drug-likeness (QED) is 0.798. The third kappa shape index (κ3) is 2.45. The Kier molecular flexibility index (Phi) is 3.23. The molecule has 0 radical (unpaired) electrons. The maximum atomic E-state index is 12.9. The zero-order valence-corrected chi connectivity index (χ0v) is 13.6. The van der Waals surface area contributed by atoms with Crippen molar-refractivity contribution in [2.45, 2.75) is 13.0 Å². The van der Waals surface area contributed by atoms with Crippen molar-refractivity contribution >= 4 is 5.91 Å². The smallest absolute Gasteiger partial charge is 0.254 e. The number of rotatable bonds is 1. The lowest BCUT2D eigenvalue weighted by molar-refractivity contribution is 0.0733. The summed E-state index contributed by atoms with van der Waals surface area (Å²) >= 11 is 0. The van der Waals surface area contributed by atoms with Crippen molar-refractivity contribution in [2.24, 2.45) is 0 Å². The highest BCUT2D eigenvalue weighted by atomic mass is 16.7. The molecule has 0 N–H and O–H groups in total. The number of hydrogen-bond donors (Lipinski definition) is 0. The maximum Gasteiger partial charge on any atom is 0.254 e. The van der Waals surface area contributed by atoms with E-state index in [-0.39, 0.29) is 12.7 Å². The second-order valence-corrected chi connectivity index (χ2v) is 6.31. The monoisotopic (exact) mass is 339 g/mol. The molecule has 2 aromatic carbocycles. The molecule has 0 spiro atoms. The SMILES string of the molecule is O=C(c1ccc2c(c1)OCO2)N1CCc2cc3c(cc2C1)OCCO3. The van der Waals surface area contributed by atoms with E-state index >= 15 is 0 Å². The summed E-state index contributed by atoms with van der Waals surface area (Å²) in [5.74, 6) is 2.88. The third-order valence-electron chi connectivity index (χ3n) is 4.78. The van der Waals surface area contributed by atoms with Gasteiger partial charge in [-0.1, -0.05) is 0 Å². The Morgan fingerprint density at radius 2 is 1.56 bits per heavy atom. The molecule has 6 heteroatoms. The fourth-order valence-electron chi connectivity index (χ4n) is 3.48. The summed E-state index contributed by atoms with van der Waals surface area (Å²) in [5.41, 5.74) is 2.95. The molecule has 6 nitrogen and oxygen atoms in total. The van der Waals surface area contributed by atoms with Crippen LogP contribution in [0.3, 0.4) is 0 Å². The summed E-state index contributed by atoms with van der Waals surface area (Å²) in [6, 6.07) is 9.38. The van der Waals surface area contributed by atoms with E-state index in [2.05, 4.69) is 0 Å². The summed E-state index contributed by atoms with van der Waals surface area (Å²) in [6.45, 7) is 2.60. The molecule has 1 amide bonds. The van der Waals surface area contributed by atoms with E-state index in [4.69, 9.17) is 18.9 Å². The van der Waals surface area contributed by atoms with Gasteiger partial charge in [0.25, 0.3) is 5.91 Å². The zero-order chi connectivity index (χ0) is 16.8. The standard InChI is InChI=1S/C19H17NO5/c21-19(13-1-2-15-16(8-13)25-11-24-15)20-4-3-12-7-17-18(9-14(12)10-20)23-6-5-22-17/h1-2,7-9H,3-6,10-11H2. The van der Waals surface area contributed by atoms with Gasteiger partial charge in [-0.05, 0) is 47.9 Å². The molecule has 0 aliphatic carbocycles. The third-order valence-corrected chi connectivity index (χ3v) is 4.78. The average molecular weight is 339 g/mol. The van der Waals surface area contributed by atoms with E-state index in [0.29, 0.717) is 43.4 Å². The summed E-state index contributed by atoms with van der Waals surface area (Å²) in [4.78, 5) is 14.7. The van der Waals surface area contributed by atoms with Crippen molar-refractivity contribution in [3.8, 4) is 23.0 Å². The highest BCUT2D eigenvalue weighted by Gasteiger charge is 2.26. The Balaban J connectivity index is 1.40. The highest BCUT2D eigenvalue weighted by molar-refractivity contribution is 5.95. The van der Waals surface area contributed by atoms with Crippen LogP contribution < -0.4 is 18.9 Å². The van der Waals surface area contributed by atoms with Crippen molar-refractivity contribution in [1.29, 1.82) is 0 Å². The van der Waals surface area contributed by atoms with Crippen LogP contribution in [0.5, 0.6) is 23.0 Å². The molecular weight excluding hydrogens is 322 g/mol. The van der Waals surface area contributed by atoms with Crippen LogP contribution in [-0.2, 0) is 13.0 Å². The molecule has 0 fully saturated rings. The van der Waals surface area contributed by atoms with Crippen molar-refractivity contribution in [3.63, 3.8) is 0 Å². The minimum Gasteiger partial charge on any atom is -0.486 e.